The van der Waals surface area contributed by atoms with E-state index in [4.69, 9.17) is 17.3 Å². The largest absolute Gasteiger partial charge is 0.325 e. The van der Waals surface area contributed by atoms with Crippen LogP contribution in [0.1, 0.15) is 5.69 Å². The van der Waals surface area contributed by atoms with Crippen molar-refractivity contribution in [2.24, 2.45) is 5.73 Å². The van der Waals surface area contributed by atoms with Crippen molar-refractivity contribution in [1.29, 1.82) is 0 Å². The van der Waals surface area contributed by atoms with E-state index in [-0.39, 0.29) is 12.4 Å². The van der Waals surface area contributed by atoms with Gasteiger partial charge in [-0.1, -0.05) is 11.6 Å². The van der Waals surface area contributed by atoms with Crippen LogP contribution in [0, 0.1) is 0 Å². The van der Waals surface area contributed by atoms with Gasteiger partial charge in [0.15, 0.2) is 0 Å². The summed E-state index contributed by atoms with van der Waals surface area (Å²) in [5.41, 5.74) is 6.12. The van der Waals surface area contributed by atoms with E-state index in [9.17, 15) is 0 Å². The van der Waals surface area contributed by atoms with E-state index in [1.54, 1.807) is 18.3 Å². The Bertz CT molecular complexity index is 203. The average molecular weight is 179 g/mol. The number of rotatable bonds is 1. The molecule has 4 heteroatoms. The molecule has 1 aromatic heterocycles. The highest BCUT2D eigenvalue weighted by atomic mass is 35.5. The Morgan fingerprint density at radius 3 is 2.70 bits per heavy atom. The molecule has 0 saturated carbocycles. The third-order valence-electron chi connectivity index (χ3n) is 0.988. The number of hydrogen-bond donors (Lipinski definition) is 1. The fraction of sp³-hybridized carbons (Fsp3) is 0.167. The van der Waals surface area contributed by atoms with Crippen molar-refractivity contribution in [3.63, 3.8) is 0 Å². The highest BCUT2D eigenvalue weighted by Crippen LogP contribution is 2.06. The zero-order valence-corrected chi connectivity index (χ0v) is 6.82. The monoisotopic (exact) mass is 178 g/mol. The van der Waals surface area contributed by atoms with Crippen molar-refractivity contribution in [2.75, 3.05) is 0 Å². The van der Waals surface area contributed by atoms with E-state index < -0.39 is 0 Å². The van der Waals surface area contributed by atoms with Gasteiger partial charge in [-0.15, -0.1) is 12.4 Å². The standard InChI is InChI=1S/C6H7ClN2.ClH/c7-5-1-2-9-6(3-5)4-8;/h1-3H,4,8H2;1H. The fourth-order valence-electron chi connectivity index (χ4n) is 0.560. The average Bonchev–Trinajstić information content (AvgIpc) is 1.88. The van der Waals surface area contributed by atoms with Gasteiger partial charge in [-0.3, -0.25) is 4.98 Å². The first-order chi connectivity index (χ1) is 4.33. The van der Waals surface area contributed by atoms with Crippen LogP contribution in [0.4, 0.5) is 0 Å². The van der Waals surface area contributed by atoms with Gasteiger partial charge in [0.1, 0.15) is 0 Å². The third kappa shape index (κ3) is 2.52. The van der Waals surface area contributed by atoms with Crippen LogP contribution in [0.5, 0.6) is 0 Å². The van der Waals surface area contributed by atoms with Crippen LogP contribution in [0.3, 0.4) is 0 Å². The molecule has 0 aromatic carbocycles. The normalized spacial score (nSPS) is 8.60. The predicted molar refractivity (Wildman–Crippen MR) is 44.4 cm³/mol. The first kappa shape index (κ1) is 9.69. The van der Waals surface area contributed by atoms with Crippen molar-refractivity contribution < 1.29 is 0 Å². The molecule has 0 aliphatic carbocycles. The van der Waals surface area contributed by atoms with Crippen LogP contribution in [0.25, 0.3) is 0 Å². The van der Waals surface area contributed by atoms with E-state index in [1.165, 1.54) is 0 Å². The van der Waals surface area contributed by atoms with Crippen molar-refractivity contribution >= 4 is 24.0 Å². The molecule has 0 unspecified atom stereocenters. The molecule has 0 amide bonds. The van der Waals surface area contributed by atoms with E-state index in [0.29, 0.717) is 11.6 Å². The Morgan fingerprint density at radius 2 is 2.30 bits per heavy atom. The highest BCUT2D eigenvalue weighted by Gasteiger charge is 1.89. The van der Waals surface area contributed by atoms with Crippen LogP contribution in [-0.4, -0.2) is 4.98 Å². The predicted octanol–water partition coefficient (Wildman–Crippen LogP) is 1.62. The molecule has 0 atom stereocenters. The van der Waals surface area contributed by atoms with Gasteiger partial charge >= 0.3 is 0 Å². The van der Waals surface area contributed by atoms with Gasteiger partial charge in [0.2, 0.25) is 0 Å². The Balaban J connectivity index is 0.000000810. The summed E-state index contributed by atoms with van der Waals surface area (Å²) in [6, 6.07) is 3.47. The molecule has 0 saturated heterocycles. The Hall–Kier alpha value is -0.310. The second kappa shape index (κ2) is 4.50. The summed E-state index contributed by atoms with van der Waals surface area (Å²) in [4.78, 5) is 3.95. The molecule has 0 bridgehead atoms. The number of aromatic nitrogens is 1. The Morgan fingerprint density at radius 1 is 1.60 bits per heavy atom. The summed E-state index contributed by atoms with van der Waals surface area (Å²) < 4.78 is 0. The summed E-state index contributed by atoms with van der Waals surface area (Å²) in [6.07, 6.45) is 1.64. The van der Waals surface area contributed by atoms with Gasteiger partial charge in [-0.05, 0) is 12.1 Å². The maximum atomic E-state index is 5.63. The smallest absolute Gasteiger partial charge is 0.0554 e. The highest BCUT2D eigenvalue weighted by molar-refractivity contribution is 6.30. The van der Waals surface area contributed by atoms with Crippen molar-refractivity contribution in [2.45, 2.75) is 6.54 Å². The molecule has 2 nitrogen and oxygen atoms in total. The van der Waals surface area contributed by atoms with Gasteiger partial charge in [-0.2, -0.15) is 0 Å². The van der Waals surface area contributed by atoms with Gasteiger partial charge in [0.25, 0.3) is 0 Å². The van der Waals surface area contributed by atoms with Crippen molar-refractivity contribution in [1.82, 2.24) is 4.98 Å². The van der Waals surface area contributed by atoms with Crippen molar-refractivity contribution in [3.05, 3.63) is 29.0 Å². The first-order valence-electron chi connectivity index (χ1n) is 2.63. The molecule has 0 aliphatic heterocycles. The van der Waals surface area contributed by atoms with E-state index in [2.05, 4.69) is 4.98 Å². The number of hydrogen-bond acceptors (Lipinski definition) is 2. The second-order valence-electron chi connectivity index (χ2n) is 1.67. The minimum absolute atomic E-state index is 0. The molecule has 1 rings (SSSR count). The molecular weight excluding hydrogens is 171 g/mol. The molecule has 1 heterocycles. The van der Waals surface area contributed by atoms with Crippen LogP contribution < -0.4 is 5.73 Å². The summed E-state index contributed by atoms with van der Waals surface area (Å²) in [6.45, 7) is 0.445. The Labute approximate surface area is 70.8 Å². The molecule has 0 radical (unpaired) electrons. The number of halogens is 2. The fourth-order valence-corrected chi connectivity index (χ4v) is 0.743. The zero-order valence-electron chi connectivity index (χ0n) is 5.25. The van der Waals surface area contributed by atoms with Crippen LogP contribution in [0.15, 0.2) is 18.3 Å². The lowest BCUT2D eigenvalue weighted by molar-refractivity contribution is 0.991. The molecule has 56 valence electrons. The molecule has 0 aliphatic rings. The topological polar surface area (TPSA) is 38.9 Å². The molecule has 0 fully saturated rings. The summed E-state index contributed by atoms with van der Waals surface area (Å²) >= 11 is 5.63. The van der Waals surface area contributed by atoms with Gasteiger partial charge in [-0.25, -0.2) is 0 Å². The zero-order chi connectivity index (χ0) is 6.69. The first-order valence-corrected chi connectivity index (χ1v) is 3.01. The maximum absolute atomic E-state index is 5.63. The lowest BCUT2D eigenvalue weighted by Crippen LogP contribution is -1.97. The Kier molecular flexibility index (Phi) is 4.36. The number of pyridine rings is 1. The molecule has 0 spiro atoms. The van der Waals surface area contributed by atoms with Crippen LogP contribution in [-0.2, 0) is 6.54 Å². The maximum Gasteiger partial charge on any atom is 0.0554 e. The SMILES string of the molecule is Cl.NCc1cc(Cl)ccn1. The summed E-state index contributed by atoms with van der Waals surface area (Å²) in [5.74, 6) is 0. The molecule has 10 heavy (non-hydrogen) atoms. The van der Waals surface area contributed by atoms with E-state index in [0.717, 1.165) is 5.69 Å². The van der Waals surface area contributed by atoms with Gasteiger partial charge in [0.05, 0.1) is 5.69 Å². The molecule has 1 aromatic rings. The summed E-state index contributed by atoms with van der Waals surface area (Å²) in [7, 11) is 0. The lowest BCUT2D eigenvalue weighted by atomic mass is 10.4. The molecule has 2 N–H and O–H groups in total. The summed E-state index contributed by atoms with van der Waals surface area (Å²) in [5, 5.41) is 0.686. The van der Waals surface area contributed by atoms with Crippen LogP contribution >= 0.6 is 24.0 Å². The van der Waals surface area contributed by atoms with Crippen LogP contribution in [0.2, 0.25) is 5.02 Å². The van der Waals surface area contributed by atoms with E-state index in [1.807, 2.05) is 0 Å². The minimum Gasteiger partial charge on any atom is -0.325 e. The number of nitrogens with two attached hydrogens (primary N) is 1. The lowest BCUT2D eigenvalue weighted by Gasteiger charge is -1.92. The van der Waals surface area contributed by atoms with Gasteiger partial charge < -0.3 is 5.73 Å². The number of nitrogens with zero attached hydrogens (tertiary/aromatic N) is 1. The quantitative estimate of drug-likeness (QED) is 0.711. The third-order valence-corrected chi connectivity index (χ3v) is 1.22. The van der Waals surface area contributed by atoms with Gasteiger partial charge in [0, 0.05) is 17.8 Å². The minimum atomic E-state index is 0. The molecular formula is C6H8Cl2N2. The van der Waals surface area contributed by atoms with Crippen molar-refractivity contribution in [3.8, 4) is 0 Å². The van der Waals surface area contributed by atoms with E-state index >= 15 is 0 Å². The second-order valence-corrected chi connectivity index (χ2v) is 2.11.